The number of piperazine rings is 1. The summed E-state index contributed by atoms with van der Waals surface area (Å²) in [6.07, 6.45) is 0.472. The number of halogens is 1. The molecular weight excluding hydrogens is 462 g/mol. The molecule has 2 aliphatic heterocycles. The van der Waals surface area contributed by atoms with Gasteiger partial charge in [0.1, 0.15) is 18.3 Å². The number of H-pyrrole nitrogens is 1. The summed E-state index contributed by atoms with van der Waals surface area (Å²) in [7, 11) is 1.62. The number of ether oxygens (including phenoxy) is 1. The predicted molar refractivity (Wildman–Crippen MR) is 134 cm³/mol. The number of aromatic amines is 1. The van der Waals surface area contributed by atoms with Crippen molar-refractivity contribution in [1.82, 2.24) is 14.8 Å². The molecule has 35 heavy (non-hydrogen) atoms. The van der Waals surface area contributed by atoms with E-state index in [1.807, 2.05) is 66.7 Å². The lowest BCUT2D eigenvalue weighted by Gasteiger charge is -2.47. The van der Waals surface area contributed by atoms with Crippen LogP contribution in [0, 0.1) is 0 Å². The van der Waals surface area contributed by atoms with E-state index in [1.165, 1.54) is 0 Å². The zero-order chi connectivity index (χ0) is 24.1. The second kappa shape index (κ2) is 8.47. The third-order valence-electron chi connectivity index (χ3n) is 7.04. The molecule has 7 heteroatoms. The van der Waals surface area contributed by atoms with Gasteiger partial charge in [0.05, 0.1) is 13.2 Å². The summed E-state index contributed by atoms with van der Waals surface area (Å²) in [5.41, 5.74) is 4.88. The number of nitrogens with one attached hydrogen (secondary N) is 1. The molecule has 3 heterocycles. The molecule has 0 saturated carbocycles. The van der Waals surface area contributed by atoms with Crippen LogP contribution in [0.2, 0.25) is 5.02 Å². The first-order chi connectivity index (χ1) is 17.0. The first-order valence-electron chi connectivity index (χ1n) is 11.6. The van der Waals surface area contributed by atoms with Gasteiger partial charge in [-0.2, -0.15) is 0 Å². The normalized spacial score (nSPS) is 19.6. The number of para-hydroxylation sites is 1. The molecule has 2 aliphatic rings. The number of hydrogen-bond donors (Lipinski definition) is 1. The summed E-state index contributed by atoms with van der Waals surface area (Å²) in [6.45, 7) is 0.412. The molecule has 6 rings (SSSR count). The van der Waals surface area contributed by atoms with Crippen LogP contribution in [0.3, 0.4) is 0 Å². The molecule has 6 nitrogen and oxygen atoms in total. The Morgan fingerprint density at radius 3 is 2.60 bits per heavy atom. The number of hydrogen-bond acceptors (Lipinski definition) is 3. The van der Waals surface area contributed by atoms with Crippen molar-refractivity contribution in [3.05, 3.63) is 100 Å². The zero-order valence-electron chi connectivity index (χ0n) is 19.2. The van der Waals surface area contributed by atoms with E-state index < -0.39 is 12.1 Å². The van der Waals surface area contributed by atoms with E-state index in [9.17, 15) is 9.59 Å². The number of fused-ring (bicyclic) bond motifs is 4. The van der Waals surface area contributed by atoms with Crippen LogP contribution >= 0.6 is 11.6 Å². The first-order valence-corrected chi connectivity index (χ1v) is 12.0. The predicted octanol–water partition coefficient (Wildman–Crippen LogP) is 4.72. The Morgan fingerprint density at radius 1 is 1.03 bits per heavy atom. The largest absolute Gasteiger partial charge is 0.497 e. The smallest absolute Gasteiger partial charge is 0.246 e. The molecule has 2 atom stereocenters. The molecule has 176 valence electrons. The van der Waals surface area contributed by atoms with Crippen LogP contribution in [0.1, 0.15) is 28.4 Å². The van der Waals surface area contributed by atoms with E-state index in [0.717, 1.165) is 39.0 Å². The molecule has 3 aromatic carbocycles. The average molecular weight is 486 g/mol. The number of nitrogens with zero attached hydrogens (tertiary/aromatic N) is 2. The minimum absolute atomic E-state index is 0.0357. The fraction of sp³-hybridized carbons (Fsp3) is 0.214. The lowest BCUT2D eigenvalue weighted by molar-refractivity contribution is -0.159. The third kappa shape index (κ3) is 3.65. The van der Waals surface area contributed by atoms with Gasteiger partial charge in [-0.3, -0.25) is 9.59 Å². The Bertz CT molecular complexity index is 1450. The van der Waals surface area contributed by atoms with E-state index in [0.29, 0.717) is 18.0 Å². The minimum atomic E-state index is -0.579. The van der Waals surface area contributed by atoms with Crippen molar-refractivity contribution in [3.63, 3.8) is 0 Å². The molecule has 1 aromatic heterocycles. The Balaban J connectivity index is 1.42. The second-order valence-corrected chi connectivity index (χ2v) is 9.52. The summed E-state index contributed by atoms with van der Waals surface area (Å²) >= 11 is 6.35. The third-order valence-corrected chi connectivity index (χ3v) is 7.27. The van der Waals surface area contributed by atoms with Gasteiger partial charge in [0.2, 0.25) is 11.8 Å². The minimum Gasteiger partial charge on any atom is -0.497 e. The maximum Gasteiger partial charge on any atom is 0.246 e. The SMILES string of the molecule is COc1ccc(CN2CC(=O)N3C(Cc4c([nH]c5ccccc45)C3c3cccc(Cl)c3)C2=O)cc1. The molecule has 0 spiro atoms. The number of amides is 2. The maximum absolute atomic E-state index is 13.8. The van der Waals surface area contributed by atoms with Crippen LogP contribution < -0.4 is 4.74 Å². The number of methoxy groups -OCH3 is 1. The molecule has 1 fully saturated rings. The second-order valence-electron chi connectivity index (χ2n) is 9.08. The quantitative estimate of drug-likeness (QED) is 0.455. The van der Waals surface area contributed by atoms with Crippen molar-refractivity contribution in [2.75, 3.05) is 13.7 Å². The Kier molecular flexibility index (Phi) is 5.26. The van der Waals surface area contributed by atoms with Crippen molar-refractivity contribution in [1.29, 1.82) is 0 Å². The highest BCUT2D eigenvalue weighted by Gasteiger charge is 2.48. The number of carbonyl (C=O) groups excluding carboxylic acids is 2. The standard InChI is InChI=1S/C28H24ClN3O3/c1-35-20-11-9-17(10-12-20)15-31-16-25(33)32-24(28(31)34)14-22-21-7-2-3-8-23(21)30-26(22)27(32)18-5-4-6-19(29)13-18/h2-13,24,27,30H,14-16H2,1H3. The summed E-state index contributed by atoms with van der Waals surface area (Å²) in [4.78, 5) is 34.4. The van der Waals surface area contributed by atoms with Gasteiger partial charge in [0.25, 0.3) is 0 Å². The van der Waals surface area contributed by atoms with E-state index in [2.05, 4.69) is 11.1 Å². The van der Waals surface area contributed by atoms with Gasteiger partial charge in [-0.05, 0) is 47.0 Å². The van der Waals surface area contributed by atoms with Gasteiger partial charge in [-0.15, -0.1) is 0 Å². The van der Waals surface area contributed by atoms with Crippen LogP contribution in [-0.4, -0.2) is 46.3 Å². The van der Waals surface area contributed by atoms with Crippen LogP contribution in [0.4, 0.5) is 0 Å². The molecule has 2 unspecified atom stereocenters. The average Bonchev–Trinajstić information content (AvgIpc) is 3.24. The van der Waals surface area contributed by atoms with E-state index >= 15 is 0 Å². The Labute approximate surface area is 208 Å². The monoisotopic (exact) mass is 485 g/mol. The van der Waals surface area contributed by atoms with Gasteiger partial charge < -0.3 is 19.5 Å². The van der Waals surface area contributed by atoms with Gasteiger partial charge in [-0.1, -0.05) is 54.1 Å². The van der Waals surface area contributed by atoms with Gasteiger partial charge in [0.15, 0.2) is 0 Å². The van der Waals surface area contributed by atoms with Gasteiger partial charge >= 0.3 is 0 Å². The number of aromatic nitrogens is 1. The van der Waals surface area contributed by atoms with E-state index in [1.54, 1.807) is 16.9 Å². The molecule has 1 saturated heterocycles. The van der Waals surface area contributed by atoms with Crippen molar-refractivity contribution < 1.29 is 14.3 Å². The highest BCUT2D eigenvalue weighted by molar-refractivity contribution is 6.30. The van der Waals surface area contributed by atoms with Crippen molar-refractivity contribution in [2.45, 2.75) is 25.0 Å². The highest BCUT2D eigenvalue weighted by atomic mass is 35.5. The van der Waals surface area contributed by atoms with Crippen molar-refractivity contribution >= 4 is 34.3 Å². The lowest BCUT2D eigenvalue weighted by Crippen LogP contribution is -2.62. The van der Waals surface area contributed by atoms with Crippen LogP contribution in [0.5, 0.6) is 5.75 Å². The Morgan fingerprint density at radius 2 is 1.83 bits per heavy atom. The van der Waals surface area contributed by atoms with Crippen LogP contribution in [0.25, 0.3) is 10.9 Å². The molecular formula is C28H24ClN3O3. The number of carbonyl (C=O) groups is 2. The van der Waals surface area contributed by atoms with Crippen LogP contribution in [0.15, 0.2) is 72.8 Å². The molecule has 2 amide bonds. The number of rotatable bonds is 4. The lowest BCUT2D eigenvalue weighted by atomic mass is 9.86. The highest BCUT2D eigenvalue weighted by Crippen LogP contribution is 2.43. The summed E-state index contributed by atoms with van der Waals surface area (Å²) < 4.78 is 5.24. The molecule has 4 aromatic rings. The summed E-state index contributed by atoms with van der Waals surface area (Å²) in [6, 6.07) is 22.2. The summed E-state index contributed by atoms with van der Waals surface area (Å²) in [5, 5.41) is 1.68. The molecule has 1 N–H and O–H groups in total. The maximum atomic E-state index is 13.8. The first kappa shape index (κ1) is 21.7. The zero-order valence-corrected chi connectivity index (χ0v) is 20.0. The Hall–Kier alpha value is -3.77. The fourth-order valence-corrected chi connectivity index (χ4v) is 5.63. The van der Waals surface area contributed by atoms with E-state index in [-0.39, 0.29) is 18.4 Å². The topological polar surface area (TPSA) is 65.6 Å². The fourth-order valence-electron chi connectivity index (χ4n) is 5.43. The molecule has 0 bridgehead atoms. The summed E-state index contributed by atoms with van der Waals surface area (Å²) in [5.74, 6) is 0.644. The molecule has 0 radical (unpaired) electrons. The molecule has 0 aliphatic carbocycles. The van der Waals surface area contributed by atoms with Crippen LogP contribution in [-0.2, 0) is 22.6 Å². The number of benzene rings is 3. The van der Waals surface area contributed by atoms with Gasteiger partial charge in [0, 0.05) is 34.6 Å². The van der Waals surface area contributed by atoms with Crippen molar-refractivity contribution in [2.24, 2.45) is 0 Å². The van der Waals surface area contributed by atoms with E-state index in [4.69, 9.17) is 16.3 Å². The van der Waals surface area contributed by atoms with Crippen molar-refractivity contribution in [3.8, 4) is 5.75 Å². The van der Waals surface area contributed by atoms with Gasteiger partial charge in [-0.25, -0.2) is 0 Å².